The van der Waals surface area contributed by atoms with E-state index in [1.807, 2.05) is 0 Å². The number of thiophene rings is 1. The molecule has 0 spiro atoms. The number of benzene rings is 2. The van der Waals surface area contributed by atoms with Crippen LogP contribution in [0, 0.1) is 18.6 Å². The molecule has 1 amide bonds. The zero-order chi connectivity index (χ0) is 29.3. The maximum atomic E-state index is 14.7. The van der Waals surface area contributed by atoms with Crippen LogP contribution in [-0.2, 0) is 22.6 Å². The van der Waals surface area contributed by atoms with Crippen molar-refractivity contribution in [3.63, 3.8) is 0 Å². The Balaban J connectivity index is 1.72. The van der Waals surface area contributed by atoms with Crippen molar-refractivity contribution < 1.29 is 23.1 Å². The van der Waals surface area contributed by atoms with Gasteiger partial charge in [0.1, 0.15) is 16.5 Å². The molecule has 1 N–H and O–H groups in total. The average molecular weight is 580 g/mol. The van der Waals surface area contributed by atoms with Gasteiger partial charge in [-0.2, -0.15) is 0 Å². The molecule has 210 valence electrons. The summed E-state index contributed by atoms with van der Waals surface area (Å²) in [5.41, 5.74) is 2.48. The number of carbonyl (C=O) groups excluding carboxylic acids is 1. The van der Waals surface area contributed by atoms with Crippen molar-refractivity contribution in [2.45, 2.75) is 19.9 Å². The van der Waals surface area contributed by atoms with E-state index < -0.39 is 29.4 Å². The third-order valence-corrected chi connectivity index (χ3v) is 7.82. The minimum Gasteiger partial charge on any atom is -0.480 e. The Bertz CT molecular complexity index is 1860. The van der Waals surface area contributed by atoms with Gasteiger partial charge in [0.2, 0.25) is 11.8 Å². The van der Waals surface area contributed by atoms with E-state index in [4.69, 9.17) is 4.74 Å². The molecule has 3 heterocycles. The molecule has 5 rings (SSSR count). The maximum absolute atomic E-state index is 14.7. The fourth-order valence-electron chi connectivity index (χ4n) is 4.46. The number of rotatable bonds is 8. The van der Waals surface area contributed by atoms with Crippen molar-refractivity contribution in [2.75, 3.05) is 14.2 Å². The third-order valence-electron chi connectivity index (χ3n) is 6.45. The molecule has 0 atom stereocenters. The zero-order valence-corrected chi connectivity index (χ0v) is 22.9. The fraction of sp³-hybridized carbons (Fsp3) is 0.179. The number of fused-ring (bicyclic) bond motifs is 1. The Morgan fingerprint density at radius 2 is 1.71 bits per heavy atom. The Labute approximate surface area is 235 Å². The van der Waals surface area contributed by atoms with Crippen molar-refractivity contribution in [2.24, 2.45) is 0 Å². The summed E-state index contributed by atoms with van der Waals surface area (Å²) in [6, 6.07) is 13.4. The molecule has 0 aliphatic carbocycles. The second kappa shape index (κ2) is 11.4. The van der Waals surface area contributed by atoms with Gasteiger partial charge in [0.05, 0.1) is 32.6 Å². The normalized spacial score (nSPS) is 11.1. The Morgan fingerprint density at radius 3 is 2.32 bits per heavy atom. The number of nitrogens with zero attached hydrogens (tertiary/aromatic N) is 4. The lowest BCUT2D eigenvalue weighted by Gasteiger charge is -2.13. The molecule has 10 nitrogen and oxygen atoms in total. The van der Waals surface area contributed by atoms with Crippen LogP contribution in [0.25, 0.3) is 26.5 Å². The standard InChI is InChI=1S/C28H23F2N5O5S/c1-15-24-26(37)35(21-11-12-23(39-2)32-31-21)28(38)34(14-18-19(29)5-4-6-20(18)30)27(24)41-25(15)17-9-7-16(8-10-17)13-22(36)33-40-3/h4-12H,13-14H2,1-3H3,(H,33,36). The van der Waals surface area contributed by atoms with Gasteiger partial charge in [0.15, 0.2) is 5.82 Å². The van der Waals surface area contributed by atoms with Crippen LogP contribution in [0.4, 0.5) is 8.78 Å². The predicted molar refractivity (Wildman–Crippen MR) is 148 cm³/mol. The highest BCUT2D eigenvalue weighted by Gasteiger charge is 2.24. The molecular formula is C28H23F2N5O5S. The number of hydroxylamine groups is 1. The van der Waals surface area contributed by atoms with Crippen molar-refractivity contribution in [1.82, 2.24) is 24.8 Å². The molecule has 0 aliphatic heterocycles. The zero-order valence-electron chi connectivity index (χ0n) is 22.1. The van der Waals surface area contributed by atoms with Gasteiger partial charge in [-0.3, -0.25) is 19.0 Å². The van der Waals surface area contributed by atoms with Crippen LogP contribution in [0.2, 0.25) is 0 Å². The van der Waals surface area contributed by atoms with E-state index in [1.165, 1.54) is 32.4 Å². The number of amides is 1. The molecule has 3 aromatic heterocycles. The van der Waals surface area contributed by atoms with Crippen LogP contribution in [0.3, 0.4) is 0 Å². The summed E-state index contributed by atoms with van der Waals surface area (Å²) in [4.78, 5) is 45.0. The number of aromatic nitrogens is 4. The van der Waals surface area contributed by atoms with Crippen LogP contribution < -0.4 is 21.5 Å². The van der Waals surface area contributed by atoms with Gasteiger partial charge in [-0.15, -0.1) is 21.5 Å². The molecular weight excluding hydrogens is 556 g/mol. The molecule has 5 aromatic rings. The summed E-state index contributed by atoms with van der Waals surface area (Å²) >= 11 is 1.15. The molecule has 41 heavy (non-hydrogen) atoms. The number of halogens is 2. The van der Waals surface area contributed by atoms with Crippen LogP contribution in [-0.4, -0.2) is 39.5 Å². The Morgan fingerprint density at radius 1 is 1.00 bits per heavy atom. The van der Waals surface area contributed by atoms with E-state index >= 15 is 0 Å². The van der Waals surface area contributed by atoms with Crippen LogP contribution in [0.1, 0.15) is 16.7 Å². The van der Waals surface area contributed by atoms with Crippen molar-refractivity contribution >= 4 is 27.5 Å². The number of aryl methyl sites for hydroxylation is 1. The van der Waals surface area contributed by atoms with Crippen molar-refractivity contribution in [3.8, 4) is 22.1 Å². The van der Waals surface area contributed by atoms with Crippen molar-refractivity contribution in [3.05, 3.63) is 104 Å². The van der Waals surface area contributed by atoms with Gasteiger partial charge in [-0.25, -0.2) is 23.6 Å². The molecule has 0 radical (unpaired) electrons. The number of methoxy groups -OCH3 is 1. The monoisotopic (exact) mass is 579 g/mol. The lowest BCUT2D eigenvalue weighted by Crippen LogP contribution is -2.39. The Hall–Kier alpha value is -4.75. The minimum atomic E-state index is -0.836. The lowest BCUT2D eigenvalue weighted by atomic mass is 10.0. The van der Waals surface area contributed by atoms with Gasteiger partial charge in [-0.1, -0.05) is 30.3 Å². The lowest BCUT2D eigenvalue weighted by molar-refractivity contribution is -0.130. The fourth-order valence-corrected chi connectivity index (χ4v) is 5.75. The first kappa shape index (κ1) is 27.8. The first-order valence-electron chi connectivity index (χ1n) is 12.2. The van der Waals surface area contributed by atoms with E-state index in [0.717, 1.165) is 43.7 Å². The summed E-state index contributed by atoms with van der Waals surface area (Å²) in [6.07, 6.45) is 0.0981. The summed E-state index contributed by atoms with van der Waals surface area (Å²) < 4.78 is 36.4. The van der Waals surface area contributed by atoms with E-state index in [0.29, 0.717) is 10.4 Å². The maximum Gasteiger partial charge on any atom is 0.338 e. The highest BCUT2D eigenvalue weighted by molar-refractivity contribution is 7.22. The summed E-state index contributed by atoms with van der Waals surface area (Å²) in [6.45, 7) is 1.27. The van der Waals surface area contributed by atoms with Crippen molar-refractivity contribution in [1.29, 1.82) is 0 Å². The van der Waals surface area contributed by atoms with Crippen LogP contribution >= 0.6 is 11.3 Å². The SMILES string of the molecule is CONC(=O)Cc1ccc(-c2sc3c(c2C)c(=O)n(-c2ccc(OC)nn2)c(=O)n3Cc2c(F)cccc2F)cc1. The molecule has 0 fully saturated rings. The van der Waals surface area contributed by atoms with E-state index in [9.17, 15) is 23.2 Å². The minimum absolute atomic E-state index is 0.0729. The number of ether oxygens (including phenoxy) is 1. The van der Waals surface area contributed by atoms with E-state index in [-0.39, 0.29) is 39.8 Å². The van der Waals surface area contributed by atoms with Crippen LogP contribution in [0.15, 0.2) is 64.2 Å². The third kappa shape index (κ3) is 5.24. The van der Waals surface area contributed by atoms with Crippen LogP contribution in [0.5, 0.6) is 5.88 Å². The van der Waals surface area contributed by atoms with Gasteiger partial charge >= 0.3 is 5.69 Å². The van der Waals surface area contributed by atoms with E-state index in [2.05, 4.69) is 20.5 Å². The number of hydrogen-bond donors (Lipinski definition) is 1. The molecule has 2 aromatic carbocycles. The highest BCUT2D eigenvalue weighted by Crippen LogP contribution is 2.37. The van der Waals surface area contributed by atoms with Gasteiger partial charge in [-0.05, 0) is 41.8 Å². The summed E-state index contributed by atoms with van der Waals surface area (Å²) in [5, 5.41) is 8.02. The second-order valence-corrected chi connectivity index (χ2v) is 9.98. The van der Waals surface area contributed by atoms with Gasteiger partial charge in [0, 0.05) is 16.5 Å². The number of hydrogen-bond acceptors (Lipinski definition) is 8. The first-order chi connectivity index (χ1) is 19.7. The molecule has 0 saturated carbocycles. The molecule has 0 aliphatic rings. The topological polar surface area (TPSA) is 117 Å². The number of nitrogens with one attached hydrogen (secondary N) is 1. The average Bonchev–Trinajstić information content (AvgIpc) is 3.30. The molecule has 0 unspecified atom stereocenters. The van der Waals surface area contributed by atoms with E-state index in [1.54, 1.807) is 31.2 Å². The summed E-state index contributed by atoms with van der Waals surface area (Å²) in [7, 11) is 2.75. The largest absolute Gasteiger partial charge is 0.480 e. The Kier molecular flexibility index (Phi) is 7.72. The van der Waals surface area contributed by atoms with Gasteiger partial charge < -0.3 is 4.74 Å². The molecule has 0 saturated heterocycles. The smallest absolute Gasteiger partial charge is 0.338 e. The number of carbonyl (C=O) groups is 1. The molecule has 0 bridgehead atoms. The highest BCUT2D eigenvalue weighted by atomic mass is 32.1. The first-order valence-corrected chi connectivity index (χ1v) is 13.1. The quantitative estimate of drug-likeness (QED) is 0.280. The van der Waals surface area contributed by atoms with Gasteiger partial charge in [0.25, 0.3) is 5.56 Å². The second-order valence-electron chi connectivity index (χ2n) is 8.98. The molecule has 13 heteroatoms. The predicted octanol–water partition coefficient (Wildman–Crippen LogP) is 3.53. The summed E-state index contributed by atoms with van der Waals surface area (Å²) in [5.74, 6) is -1.86.